The van der Waals surface area contributed by atoms with Crippen molar-refractivity contribution in [2.75, 3.05) is 13.2 Å². The lowest BCUT2D eigenvalue weighted by Gasteiger charge is -2.15. The molecule has 0 aliphatic carbocycles. The van der Waals surface area contributed by atoms with Gasteiger partial charge in [0.15, 0.2) is 0 Å². The Bertz CT molecular complexity index is 327. The molecule has 0 aliphatic rings. The van der Waals surface area contributed by atoms with Gasteiger partial charge in [-0.2, -0.15) is 0 Å². The summed E-state index contributed by atoms with van der Waals surface area (Å²) in [5.41, 5.74) is 0. The van der Waals surface area contributed by atoms with E-state index in [-0.39, 0.29) is 18.7 Å². The first-order valence-corrected chi connectivity index (χ1v) is 6.67. The van der Waals surface area contributed by atoms with Crippen molar-refractivity contribution >= 4 is 17.4 Å². The monoisotopic (exact) mass is 256 g/mol. The Hall–Kier alpha value is -1.07. The first-order chi connectivity index (χ1) is 8.11. The summed E-state index contributed by atoms with van der Waals surface area (Å²) < 4.78 is 0. The van der Waals surface area contributed by atoms with Gasteiger partial charge in [0.05, 0.1) is 12.6 Å². The Morgan fingerprint density at radius 1 is 1.53 bits per heavy atom. The summed E-state index contributed by atoms with van der Waals surface area (Å²) in [6.07, 6.45) is 0.980. The van der Waals surface area contributed by atoms with Crippen LogP contribution < -0.4 is 10.6 Å². The number of urea groups is 1. The molecule has 1 heterocycles. The van der Waals surface area contributed by atoms with Crippen molar-refractivity contribution < 1.29 is 9.90 Å². The fourth-order valence-electron chi connectivity index (χ4n) is 1.43. The van der Waals surface area contributed by atoms with Gasteiger partial charge in [-0.15, -0.1) is 11.3 Å². The van der Waals surface area contributed by atoms with Crippen LogP contribution in [0.1, 0.15) is 18.7 Å². The van der Waals surface area contributed by atoms with Gasteiger partial charge in [0.25, 0.3) is 0 Å². The Labute approximate surface area is 106 Å². The first-order valence-electron chi connectivity index (χ1n) is 5.79. The second-order valence-corrected chi connectivity index (χ2v) is 5.36. The molecule has 4 nitrogen and oxygen atoms in total. The third-order valence-electron chi connectivity index (χ3n) is 2.39. The van der Waals surface area contributed by atoms with Crippen molar-refractivity contribution in [3.63, 3.8) is 0 Å². The Morgan fingerprint density at radius 2 is 2.29 bits per heavy atom. The maximum Gasteiger partial charge on any atom is 0.315 e. The van der Waals surface area contributed by atoms with Crippen molar-refractivity contribution in [2.24, 2.45) is 5.92 Å². The Morgan fingerprint density at radius 3 is 2.88 bits per heavy atom. The molecule has 0 bridgehead atoms. The molecule has 1 aromatic heterocycles. The smallest absolute Gasteiger partial charge is 0.315 e. The molecule has 2 atom stereocenters. The molecule has 96 valence electrons. The lowest BCUT2D eigenvalue weighted by Crippen LogP contribution is -2.43. The van der Waals surface area contributed by atoms with Crippen LogP contribution in [0.3, 0.4) is 0 Å². The van der Waals surface area contributed by atoms with Crippen molar-refractivity contribution in [2.45, 2.75) is 26.3 Å². The minimum atomic E-state index is -0.218. The van der Waals surface area contributed by atoms with E-state index in [1.165, 1.54) is 4.88 Å². The van der Waals surface area contributed by atoms with Crippen LogP contribution in [0.5, 0.6) is 0 Å². The van der Waals surface area contributed by atoms with Crippen LogP contribution in [-0.2, 0) is 6.42 Å². The highest BCUT2D eigenvalue weighted by molar-refractivity contribution is 7.09. The number of nitrogens with one attached hydrogen (secondary N) is 2. The maximum atomic E-state index is 11.4. The SMILES string of the molecule is CC(CNC(=O)NC(C)CO)Cc1cccs1. The van der Waals surface area contributed by atoms with Crippen molar-refractivity contribution in [3.8, 4) is 0 Å². The van der Waals surface area contributed by atoms with Crippen LogP contribution in [0.4, 0.5) is 4.79 Å². The minimum Gasteiger partial charge on any atom is -0.394 e. The molecular formula is C12H20N2O2S. The van der Waals surface area contributed by atoms with Crippen LogP contribution in [0, 0.1) is 5.92 Å². The highest BCUT2D eigenvalue weighted by atomic mass is 32.1. The Kier molecular flexibility index (Phi) is 6.00. The van der Waals surface area contributed by atoms with Crippen LogP contribution in [0.2, 0.25) is 0 Å². The lowest BCUT2D eigenvalue weighted by atomic mass is 10.1. The summed E-state index contributed by atoms with van der Waals surface area (Å²) in [5, 5.41) is 16.3. The number of rotatable bonds is 6. The Balaban J connectivity index is 2.19. The van der Waals surface area contributed by atoms with E-state index in [4.69, 9.17) is 5.11 Å². The predicted molar refractivity (Wildman–Crippen MR) is 70.3 cm³/mol. The zero-order valence-electron chi connectivity index (χ0n) is 10.3. The molecule has 5 heteroatoms. The highest BCUT2D eigenvalue weighted by Crippen LogP contribution is 2.13. The van der Waals surface area contributed by atoms with Gasteiger partial charge in [-0.25, -0.2) is 4.79 Å². The summed E-state index contributed by atoms with van der Waals surface area (Å²) in [5.74, 6) is 0.406. The van der Waals surface area contributed by atoms with Gasteiger partial charge in [0.1, 0.15) is 0 Å². The molecule has 0 fully saturated rings. The number of hydrogen-bond acceptors (Lipinski definition) is 3. The summed E-state index contributed by atoms with van der Waals surface area (Å²) in [6.45, 7) is 4.46. The van der Waals surface area contributed by atoms with Crippen LogP contribution in [0.15, 0.2) is 17.5 Å². The van der Waals surface area contributed by atoms with Crippen LogP contribution in [0.25, 0.3) is 0 Å². The first kappa shape index (κ1) is 14.0. The molecule has 2 amide bonds. The van der Waals surface area contributed by atoms with E-state index in [2.05, 4.69) is 29.0 Å². The number of aliphatic hydroxyl groups excluding tert-OH is 1. The second kappa shape index (κ2) is 7.29. The molecule has 0 radical (unpaired) electrons. The zero-order chi connectivity index (χ0) is 12.7. The van der Waals surface area contributed by atoms with Gasteiger partial charge in [-0.1, -0.05) is 13.0 Å². The van der Waals surface area contributed by atoms with E-state index in [9.17, 15) is 4.79 Å². The van der Waals surface area contributed by atoms with Gasteiger partial charge in [-0.05, 0) is 30.7 Å². The molecule has 3 N–H and O–H groups in total. The second-order valence-electron chi connectivity index (χ2n) is 4.33. The van der Waals surface area contributed by atoms with Gasteiger partial charge in [-0.3, -0.25) is 0 Å². The maximum absolute atomic E-state index is 11.4. The molecule has 0 spiro atoms. The summed E-state index contributed by atoms with van der Waals surface area (Å²) in [7, 11) is 0. The van der Waals surface area contributed by atoms with E-state index in [0.29, 0.717) is 12.5 Å². The van der Waals surface area contributed by atoms with E-state index in [0.717, 1.165) is 6.42 Å². The summed E-state index contributed by atoms with van der Waals surface area (Å²) in [6, 6.07) is 3.72. The number of carbonyl (C=O) groups is 1. The minimum absolute atomic E-state index is 0.0435. The molecule has 1 rings (SSSR count). The van der Waals surface area contributed by atoms with E-state index < -0.39 is 0 Å². The van der Waals surface area contributed by atoms with Gasteiger partial charge in [0, 0.05) is 11.4 Å². The third kappa shape index (κ3) is 5.70. The topological polar surface area (TPSA) is 61.4 Å². The van der Waals surface area contributed by atoms with Gasteiger partial charge in [0.2, 0.25) is 0 Å². The van der Waals surface area contributed by atoms with E-state index in [1.807, 2.05) is 6.07 Å². The van der Waals surface area contributed by atoms with Crippen molar-refractivity contribution in [3.05, 3.63) is 22.4 Å². The quantitative estimate of drug-likeness (QED) is 0.724. The largest absolute Gasteiger partial charge is 0.394 e. The third-order valence-corrected chi connectivity index (χ3v) is 3.29. The van der Waals surface area contributed by atoms with Gasteiger partial charge < -0.3 is 15.7 Å². The van der Waals surface area contributed by atoms with Crippen LogP contribution in [-0.4, -0.2) is 30.3 Å². The molecular weight excluding hydrogens is 236 g/mol. The van der Waals surface area contributed by atoms with Crippen molar-refractivity contribution in [1.82, 2.24) is 10.6 Å². The van der Waals surface area contributed by atoms with Gasteiger partial charge >= 0.3 is 6.03 Å². The average Bonchev–Trinajstić information content (AvgIpc) is 2.79. The van der Waals surface area contributed by atoms with Crippen molar-refractivity contribution in [1.29, 1.82) is 0 Å². The molecule has 0 aromatic carbocycles. The molecule has 0 aliphatic heterocycles. The number of hydrogen-bond donors (Lipinski definition) is 3. The number of thiophene rings is 1. The molecule has 17 heavy (non-hydrogen) atoms. The standard InChI is InChI=1S/C12H20N2O2S/c1-9(6-11-4-3-5-17-11)7-13-12(16)14-10(2)8-15/h3-5,9-10,15H,6-8H2,1-2H3,(H2,13,14,16). The zero-order valence-corrected chi connectivity index (χ0v) is 11.1. The number of carbonyl (C=O) groups excluding carboxylic acids is 1. The summed E-state index contributed by atoms with van der Waals surface area (Å²) >= 11 is 1.74. The average molecular weight is 256 g/mol. The van der Waals surface area contributed by atoms with E-state index >= 15 is 0 Å². The van der Waals surface area contributed by atoms with Crippen LogP contribution >= 0.6 is 11.3 Å². The highest BCUT2D eigenvalue weighted by Gasteiger charge is 2.08. The molecule has 1 aromatic rings. The molecule has 0 saturated carbocycles. The van der Waals surface area contributed by atoms with E-state index in [1.54, 1.807) is 18.3 Å². The summed E-state index contributed by atoms with van der Waals surface area (Å²) in [4.78, 5) is 12.7. The molecule has 0 saturated heterocycles. The number of aliphatic hydroxyl groups is 1. The lowest BCUT2D eigenvalue weighted by molar-refractivity contribution is 0.219. The fraction of sp³-hybridized carbons (Fsp3) is 0.583. The molecule has 2 unspecified atom stereocenters. The normalized spacial score (nSPS) is 14.1. The number of amides is 2. The predicted octanol–water partition coefficient (Wildman–Crippen LogP) is 1.61. The fourth-order valence-corrected chi connectivity index (χ4v) is 2.30.